The van der Waals surface area contributed by atoms with E-state index in [1.165, 1.54) is 4.88 Å². The van der Waals surface area contributed by atoms with Crippen molar-refractivity contribution in [2.24, 2.45) is 11.8 Å². The Hall–Kier alpha value is -1.36. The number of hydrogen-bond donors (Lipinski definition) is 1. The van der Waals surface area contributed by atoms with E-state index in [9.17, 15) is 9.59 Å². The number of amides is 2. The predicted molar refractivity (Wildman–Crippen MR) is 83.1 cm³/mol. The molecular weight excluding hydrogens is 284 g/mol. The average molecular weight is 306 g/mol. The van der Waals surface area contributed by atoms with E-state index in [-0.39, 0.29) is 23.7 Å². The molecule has 2 heterocycles. The third-order valence-corrected chi connectivity index (χ3v) is 5.22. The molecule has 1 aromatic heterocycles. The molecule has 114 valence electrons. The van der Waals surface area contributed by atoms with E-state index >= 15 is 0 Å². The van der Waals surface area contributed by atoms with Crippen molar-refractivity contribution < 1.29 is 9.59 Å². The molecular formula is C16H22N2O2S. The van der Waals surface area contributed by atoms with Gasteiger partial charge >= 0.3 is 0 Å². The highest BCUT2D eigenvalue weighted by Crippen LogP contribution is 2.32. The van der Waals surface area contributed by atoms with E-state index in [0.717, 1.165) is 38.6 Å². The Balaban J connectivity index is 1.44. The van der Waals surface area contributed by atoms with Gasteiger partial charge in [-0.1, -0.05) is 6.07 Å². The number of hydrogen-bond acceptors (Lipinski definition) is 3. The predicted octanol–water partition coefficient (Wildman–Crippen LogP) is 2.06. The highest BCUT2D eigenvalue weighted by molar-refractivity contribution is 7.09. The minimum atomic E-state index is -0.0233. The molecule has 0 bridgehead atoms. The van der Waals surface area contributed by atoms with Crippen molar-refractivity contribution in [3.63, 3.8) is 0 Å². The van der Waals surface area contributed by atoms with E-state index in [1.807, 2.05) is 11.0 Å². The van der Waals surface area contributed by atoms with Crippen LogP contribution in [0.4, 0.5) is 0 Å². The van der Waals surface area contributed by atoms with Crippen molar-refractivity contribution >= 4 is 23.2 Å². The molecule has 2 fully saturated rings. The topological polar surface area (TPSA) is 49.4 Å². The minimum absolute atomic E-state index is 0.0233. The second kappa shape index (κ2) is 6.60. The van der Waals surface area contributed by atoms with Crippen LogP contribution in [0, 0.1) is 11.8 Å². The summed E-state index contributed by atoms with van der Waals surface area (Å²) >= 11 is 1.72. The van der Waals surface area contributed by atoms with Gasteiger partial charge in [-0.05, 0) is 43.6 Å². The van der Waals surface area contributed by atoms with Crippen LogP contribution in [0.3, 0.4) is 0 Å². The summed E-state index contributed by atoms with van der Waals surface area (Å²) in [6, 6.07) is 4.12. The molecule has 1 saturated heterocycles. The van der Waals surface area contributed by atoms with Crippen LogP contribution in [0.2, 0.25) is 0 Å². The monoisotopic (exact) mass is 306 g/mol. The summed E-state index contributed by atoms with van der Waals surface area (Å²) in [6.45, 7) is 2.13. The molecule has 1 atom stereocenters. The van der Waals surface area contributed by atoms with Crippen LogP contribution in [-0.4, -0.2) is 36.3 Å². The van der Waals surface area contributed by atoms with E-state index in [0.29, 0.717) is 13.1 Å². The summed E-state index contributed by atoms with van der Waals surface area (Å²) in [5.41, 5.74) is 0. The summed E-state index contributed by atoms with van der Waals surface area (Å²) in [5.74, 6) is 0.612. The van der Waals surface area contributed by atoms with E-state index < -0.39 is 0 Å². The van der Waals surface area contributed by atoms with Gasteiger partial charge in [-0.3, -0.25) is 9.59 Å². The first-order valence-corrected chi connectivity index (χ1v) is 8.71. The van der Waals surface area contributed by atoms with Gasteiger partial charge in [0, 0.05) is 30.4 Å². The van der Waals surface area contributed by atoms with Crippen LogP contribution in [-0.2, 0) is 16.0 Å². The Kier molecular flexibility index (Phi) is 4.58. The molecule has 0 spiro atoms. The van der Waals surface area contributed by atoms with Gasteiger partial charge in [-0.25, -0.2) is 0 Å². The highest BCUT2D eigenvalue weighted by atomic mass is 32.1. The lowest BCUT2D eigenvalue weighted by atomic mass is 9.96. The summed E-state index contributed by atoms with van der Waals surface area (Å²) in [7, 11) is 0. The van der Waals surface area contributed by atoms with E-state index in [2.05, 4.69) is 16.8 Å². The molecule has 2 aliphatic rings. The molecule has 1 saturated carbocycles. The number of piperidine rings is 1. The van der Waals surface area contributed by atoms with Gasteiger partial charge in [-0.2, -0.15) is 0 Å². The Morgan fingerprint density at radius 3 is 2.86 bits per heavy atom. The van der Waals surface area contributed by atoms with Crippen LogP contribution in [0.15, 0.2) is 17.5 Å². The van der Waals surface area contributed by atoms with Crippen molar-refractivity contribution in [1.82, 2.24) is 10.2 Å². The molecule has 5 heteroatoms. The van der Waals surface area contributed by atoms with Crippen molar-refractivity contribution in [3.8, 4) is 0 Å². The number of nitrogens with zero attached hydrogens (tertiary/aromatic N) is 1. The molecule has 0 unspecified atom stereocenters. The zero-order valence-corrected chi connectivity index (χ0v) is 13.0. The van der Waals surface area contributed by atoms with Gasteiger partial charge in [0.2, 0.25) is 11.8 Å². The molecule has 0 aromatic carbocycles. The largest absolute Gasteiger partial charge is 0.355 e. The molecule has 1 aliphatic carbocycles. The Bertz CT molecular complexity index is 496. The number of carbonyl (C=O) groups excluding carboxylic acids is 2. The van der Waals surface area contributed by atoms with Gasteiger partial charge in [0.15, 0.2) is 0 Å². The quantitative estimate of drug-likeness (QED) is 0.905. The third-order valence-electron chi connectivity index (χ3n) is 4.28. The van der Waals surface area contributed by atoms with Crippen molar-refractivity contribution in [2.45, 2.75) is 32.1 Å². The molecule has 2 amide bonds. The summed E-state index contributed by atoms with van der Waals surface area (Å²) in [6.07, 6.45) is 4.81. The van der Waals surface area contributed by atoms with Crippen molar-refractivity contribution in [1.29, 1.82) is 0 Å². The number of rotatable bonds is 5. The Labute approximate surface area is 129 Å². The van der Waals surface area contributed by atoms with Crippen molar-refractivity contribution in [2.75, 3.05) is 19.6 Å². The second-order valence-electron chi connectivity index (χ2n) is 6.02. The third kappa shape index (κ3) is 3.84. The lowest BCUT2D eigenvalue weighted by Gasteiger charge is -2.32. The fraction of sp³-hybridized carbons (Fsp3) is 0.625. The Morgan fingerprint density at radius 2 is 2.14 bits per heavy atom. The number of likely N-dealkylation sites (tertiary alicyclic amines) is 1. The number of carbonyl (C=O) groups is 2. The lowest BCUT2D eigenvalue weighted by Crippen LogP contribution is -2.46. The van der Waals surface area contributed by atoms with Crippen LogP contribution in [0.25, 0.3) is 0 Å². The smallest absolute Gasteiger partial charge is 0.225 e. The normalized spacial score (nSPS) is 22.1. The first kappa shape index (κ1) is 14.6. The maximum atomic E-state index is 12.2. The van der Waals surface area contributed by atoms with Gasteiger partial charge in [0.25, 0.3) is 0 Å². The second-order valence-corrected chi connectivity index (χ2v) is 7.05. The molecule has 1 N–H and O–H groups in total. The zero-order chi connectivity index (χ0) is 14.7. The van der Waals surface area contributed by atoms with Gasteiger partial charge in [0.1, 0.15) is 0 Å². The summed E-state index contributed by atoms with van der Waals surface area (Å²) < 4.78 is 0. The fourth-order valence-electron chi connectivity index (χ4n) is 2.89. The molecule has 21 heavy (non-hydrogen) atoms. The zero-order valence-electron chi connectivity index (χ0n) is 12.2. The van der Waals surface area contributed by atoms with Crippen molar-refractivity contribution in [3.05, 3.63) is 22.4 Å². The lowest BCUT2D eigenvalue weighted by molar-refractivity contribution is -0.136. The Morgan fingerprint density at radius 1 is 1.29 bits per heavy atom. The van der Waals surface area contributed by atoms with Crippen LogP contribution in [0.5, 0.6) is 0 Å². The molecule has 3 rings (SSSR count). The van der Waals surface area contributed by atoms with Gasteiger partial charge in [0.05, 0.1) is 5.92 Å². The number of thiophene rings is 1. The van der Waals surface area contributed by atoms with Gasteiger partial charge < -0.3 is 10.2 Å². The van der Waals surface area contributed by atoms with Crippen LogP contribution >= 0.6 is 11.3 Å². The highest BCUT2D eigenvalue weighted by Gasteiger charge is 2.36. The minimum Gasteiger partial charge on any atom is -0.355 e. The molecule has 4 nitrogen and oxygen atoms in total. The molecule has 0 radical (unpaired) electrons. The maximum absolute atomic E-state index is 12.2. The molecule has 1 aromatic rings. The van der Waals surface area contributed by atoms with Crippen LogP contribution < -0.4 is 5.32 Å². The number of nitrogens with one attached hydrogen (secondary N) is 1. The van der Waals surface area contributed by atoms with E-state index in [1.54, 1.807) is 11.3 Å². The first-order valence-electron chi connectivity index (χ1n) is 7.83. The van der Waals surface area contributed by atoms with Crippen LogP contribution in [0.1, 0.15) is 30.6 Å². The standard InChI is InChI=1S/C16H22N2O2S/c19-15(17-8-7-14-4-2-10-21-14)13-3-1-9-18(11-13)16(20)12-5-6-12/h2,4,10,12-13H,1,3,5-9,11H2,(H,17,19)/t13-/m1/s1. The van der Waals surface area contributed by atoms with E-state index in [4.69, 9.17) is 0 Å². The van der Waals surface area contributed by atoms with Gasteiger partial charge in [-0.15, -0.1) is 11.3 Å². The fourth-order valence-corrected chi connectivity index (χ4v) is 3.60. The maximum Gasteiger partial charge on any atom is 0.225 e. The average Bonchev–Trinajstić information content (AvgIpc) is 3.24. The first-order chi connectivity index (χ1) is 10.2. The molecule has 1 aliphatic heterocycles. The summed E-state index contributed by atoms with van der Waals surface area (Å²) in [5, 5.41) is 5.08. The SMILES string of the molecule is O=C(NCCc1cccs1)[C@@H]1CCCN(C(=O)C2CC2)C1. The summed E-state index contributed by atoms with van der Waals surface area (Å²) in [4.78, 5) is 27.5.